The van der Waals surface area contributed by atoms with Gasteiger partial charge in [0.05, 0.1) is 12.4 Å². The molecular formula is C19H26ClN5O3S. The number of nitrogens with one attached hydrogen (secondary N) is 2. The average molecular weight is 440 g/mol. The molecule has 29 heavy (non-hydrogen) atoms. The monoisotopic (exact) mass is 439 g/mol. The fourth-order valence-corrected chi connectivity index (χ4v) is 3.75. The Morgan fingerprint density at radius 3 is 2.10 bits per heavy atom. The first-order valence-electron chi connectivity index (χ1n) is 9.09. The average Bonchev–Trinajstić information content (AvgIpc) is 2.62. The van der Waals surface area contributed by atoms with Crippen LogP contribution in [0.4, 0.5) is 16.3 Å². The van der Waals surface area contributed by atoms with Crippen LogP contribution in [0.15, 0.2) is 29.6 Å². The maximum Gasteiger partial charge on any atom is 0.333 e. The number of rotatable bonds is 6. The molecule has 0 radical (unpaired) electrons. The minimum Gasteiger partial charge on any atom is -0.361 e. The number of carbonyl (C=O) groups is 1. The van der Waals surface area contributed by atoms with E-state index in [9.17, 15) is 13.2 Å². The second-order valence-corrected chi connectivity index (χ2v) is 9.50. The molecule has 0 aliphatic rings. The smallest absolute Gasteiger partial charge is 0.333 e. The molecule has 1 aromatic heterocycles. The summed E-state index contributed by atoms with van der Waals surface area (Å²) in [5, 5.41) is 2.90. The van der Waals surface area contributed by atoms with Crippen LogP contribution in [-0.2, 0) is 10.0 Å². The third-order valence-corrected chi connectivity index (χ3v) is 5.63. The molecule has 0 fully saturated rings. The molecule has 10 heteroatoms. The number of aromatic nitrogens is 2. The zero-order valence-electron chi connectivity index (χ0n) is 17.3. The Hall–Kier alpha value is -2.39. The molecule has 2 N–H and O–H groups in total. The number of hydrogen-bond donors (Lipinski definition) is 2. The van der Waals surface area contributed by atoms with Gasteiger partial charge in [-0.3, -0.25) is 4.98 Å². The van der Waals surface area contributed by atoms with Crippen LogP contribution in [-0.4, -0.2) is 38.5 Å². The molecule has 0 atom stereocenters. The van der Waals surface area contributed by atoms with Crippen LogP contribution < -0.4 is 14.9 Å². The third-order valence-electron chi connectivity index (χ3n) is 4.21. The highest BCUT2D eigenvalue weighted by Crippen LogP contribution is 2.35. The Morgan fingerprint density at radius 1 is 1.07 bits per heavy atom. The van der Waals surface area contributed by atoms with Crippen LogP contribution in [0.2, 0.25) is 5.02 Å². The topological polar surface area (TPSA) is 104 Å². The molecule has 0 spiro atoms. The van der Waals surface area contributed by atoms with Gasteiger partial charge in [-0.2, -0.15) is 8.42 Å². The minimum atomic E-state index is -4.20. The number of amides is 2. The van der Waals surface area contributed by atoms with E-state index in [0.29, 0.717) is 16.5 Å². The van der Waals surface area contributed by atoms with Crippen molar-refractivity contribution in [3.05, 3.63) is 40.7 Å². The predicted molar refractivity (Wildman–Crippen MR) is 115 cm³/mol. The summed E-state index contributed by atoms with van der Waals surface area (Å²) in [4.78, 5) is 22.1. The van der Waals surface area contributed by atoms with Gasteiger partial charge in [0.25, 0.3) is 10.0 Å². The van der Waals surface area contributed by atoms with Crippen LogP contribution in [0.1, 0.15) is 50.7 Å². The molecule has 8 nitrogen and oxygen atoms in total. The van der Waals surface area contributed by atoms with E-state index in [1.54, 1.807) is 31.1 Å². The molecule has 0 saturated heterocycles. The first-order chi connectivity index (χ1) is 13.4. The lowest BCUT2D eigenvalue weighted by Crippen LogP contribution is -2.35. The normalized spacial score (nSPS) is 11.6. The molecule has 158 valence electrons. The van der Waals surface area contributed by atoms with Gasteiger partial charge in [-0.25, -0.2) is 14.5 Å². The van der Waals surface area contributed by atoms with Crippen molar-refractivity contribution in [2.24, 2.45) is 0 Å². The number of nitrogens with zero attached hydrogens (tertiary/aromatic N) is 3. The first-order valence-corrected chi connectivity index (χ1v) is 10.9. The summed E-state index contributed by atoms with van der Waals surface area (Å²) in [6, 6.07) is 2.66. The molecule has 2 amide bonds. The van der Waals surface area contributed by atoms with Crippen molar-refractivity contribution in [2.75, 3.05) is 24.3 Å². The van der Waals surface area contributed by atoms with Gasteiger partial charge in [0.1, 0.15) is 5.82 Å². The van der Waals surface area contributed by atoms with Crippen LogP contribution >= 0.6 is 11.6 Å². The van der Waals surface area contributed by atoms with Crippen molar-refractivity contribution in [3.8, 4) is 0 Å². The van der Waals surface area contributed by atoms with Gasteiger partial charge in [-0.15, -0.1) is 0 Å². The number of benzene rings is 1. The van der Waals surface area contributed by atoms with Crippen molar-refractivity contribution in [3.63, 3.8) is 0 Å². The second kappa shape index (κ2) is 8.96. The SMILES string of the molecule is CC(C)c1cc(Cl)cc(C(C)C)c1NC(=O)NS(=O)(=O)c1cncc(N(C)C)n1. The fraction of sp³-hybridized carbons (Fsp3) is 0.421. The fourth-order valence-electron chi connectivity index (χ4n) is 2.70. The minimum absolute atomic E-state index is 0.0701. The Morgan fingerprint density at radius 2 is 1.62 bits per heavy atom. The highest BCUT2D eigenvalue weighted by molar-refractivity contribution is 7.90. The number of anilines is 2. The molecule has 0 saturated carbocycles. The third kappa shape index (κ3) is 5.57. The summed E-state index contributed by atoms with van der Waals surface area (Å²) in [7, 11) is -0.778. The van der Waals surface area contributed by atoms with E-state index >= 15 is 0 Å². The van der Waals surface area contributed by atoms with Gasteiger partial charge in [0, 0.05) is 24.8 Å². The van der Waals surface area contributed by atoms with Crippen LogP contribution in [0.25, 0.3) is 0 Å². The zero-order valence-corrected chi connectivity index (χ0v) is 18.9. The van der Waals surface area contributed by atoms with Gasteiger partial charge >= 0.3 is 6.03 Å². The highest BCUT2D eigenvalue weighted by Gasteiger charge is 2.23. The van der Waals surface area contributed by atoms with Gasteiger partial charge < -0.3 is 10.2 Å². The molecular weight excluding hydrogens is 414 g/mol. The number of carbonyl (C=O) groups excluding carboxylic acids is 1. The van der Waals surface area contributed by atoms with Gasteiger partial charge in [-0.05, 0) is 35.1 Å². The van der Waals surface area contributed by atoms with E-state index in [1.165, 1.54) is 6.20 Å². The molecule has 2 rings (SSSR count). The zero-order chi connectivity index (χ0) is 21.9. The predicted octanol–water partition coefficient (Wildman–Crippen LogP) is 3.95. The van der Waals surface area contributed by atoms with E-state index in [0.717, 1.165) is 17.3 Å². The van der Waals surface area contributed by atoms with Crippen molar-refractivity contribution >= 4 is 39.2 Å². The van der Waals surface area contributed by atoms with Gasteiger partial charge in [-0.1, -0.05) is 39.3 Å². The van der Waals surface area contributed by atoms with E-state index in [2.05, 4.69) is 15.3 Å². The van der Waals surface area contributed by atoms with Crippen molar-refractivity contribution in [1.29, 1.82) is 0 Å². The van der Waals surface area contributed by atoms with E-state index in [-0.39, 0.29) is 16.9 Å². The van der Waals surface area contributed by atoms with Crippen LogP contribution in [0.5, 0.6) is 0 Å². The lowest BCUT2D eigenvalue weighted by molar-refractivity contribution is 0.256. The Labute approximate surface area is 176 Å². The molecule has 0 aliphatic carbocycles. The maximum absolute atomic E-state index is 12.6. The number of sulfonamides is 1. The van der Waals surface area contributed by atoms with Gasteiger partial charge in [0.2, 0.25) is 0 Å². The number of halogens is 1. The highest BCUT2D eigenvalue weighted by atomic mass is 35.5. The molecule has 0 unspecified atom stereocenters. The van der Waals surface area contributed by atoms with E-state index in [1.807, 2.05) is 32.4 Å². The van der Waals surface area contributed by atoms with Crippen molar-refractivity contribution in [2.45, 2.75) is 44.6 Å². The van der Waals surface area contributed by atoms with Crippen LogP contribution in [0, 0.1) is 0 Å². The molecule has 0 aliphatic heterocycles. The number of urea groups is 1. The quantitative estimate of drug-likeness (QED) is 0.706. The van der Waals surface area contributed by atoms with Crippen molar-refractivity contribution in [1.82, 2.24) is 14.7 Å². The van der Waals surface area contributed by atoms with Crippen LogP contribution in [0.3, 0.4) is 0 Å². The first kappa shape index (κ1) is 22.9. The molecule has 1 heterocycles. The molecule has 2 aromatic rings. The van der Waals surface area contributed by atoms with Gasteiger partial charge in [0.15, 0.2) is 5.03 Å². The summed E-state index contributed by atoms with van der Waals surface area (Å²) in [6.07, 6.45) is 2.51. The number of hydrogen-bond acceptors (Lipinski definition) is 6. The largest absolute Gasteiger partial charge is 0.361 e. The summed E-state index contributed by atoms with van der Waals surface area (Å²) in [6.45, 7) is 7.88. The Bertz CT molecular complexity index is 978. The lowest BCUT2D eigenvalue weighted by Gasteiger charge is -2.21. The summed E-state index contributed by atoms with van der Waals surface area (Å²) >= 11 is 6.23. The second-order valence-electron chi connectivity index (χ2n) is 7.44. The summed E-state index contributed by atoms with van der Waals surface area (Å²) in [5.74, 6) is 0.497. The maximum atomic E-state index is 12.6. The standard InChI is InChI=1S/C19H26ClN5O3S/c1-11(2)14-7-13(20)8-15(12(3)4)18(14)23-19(26)24-29(27,28)17-10-21-9-16(22-17)25(5)6/h7-12H,1-6H3,(H2,23,24,26). The Kier molecular flexibility index (Phi) is 7.07. The Balaban J connectivity index is 2.35. The summed E-state index contributed by atoms with van der Waals surface area (Å²) < 4.78 is 27.2. The molecule has 1 aromatic carbocycles. The molecule has 0 bridgehead atoms. The van der Waals surface area contributed by atoms with E-state index < -0.39 is 16.1 Å². The van der Waals surface area contributed by atoms with E-state index in [4.69, 9.17) is 11.6 Å². The lowest BCUT2D eigenvalue weighted by atomic mass is 9.92. The summed E-state index contributed by atoms with van der Waals surface area (Å²) in [5.41, 5.74) is 2.20. The van der Waals surface area contributed by atoms with Crippen molar-refractivity contribution < 1.29 is 13.2 Å².